The smallest absolute Gasteiger partial charge is 0.287 e. The Bertz CT molecular complexity index is 1100. The fraction of sp³-hybridized carbons (Fsp3) is 0.0500. The van der Waals surface area contributed by atoms with Crippen LogP contribution in [-0.2, 0) is 6.54 Å². The summed E-state index contributed by atoms with van der Waals surface area (Å²) in [6.07, 6.45) is 1.68. The zero-order valence-electron chi connectivity index (χ0n) is 13.7. The normalized spacial score (nSPS) is 10.6. The van der Waals surface area contributed by atoms with Crippen molar-refractivity contribution < 1.29 is 9.21 Å². The average Bonchev–Trinajstić information content (AvgIpc) is 3.33. The largest absolute Gasteiger partial charge is 0.451 e. The first kappa shape index (κ1) is 15.7. The predicted octanol–water partition coefficient (Wildman–Crippen LogP) is 3.62. The number of nitriles is 1. The molecule has 0 aliphatic heterocycles. The van der Waals surface area contributed by atoms with E-state index in [9.17, 15) is 4.79 Å². The summed E-state index contributed by atoms with van der Waals surface area (Å²) >= 11 is 0. The molecule has 0 aliphatic rings. The summed E-state index contributed by atoms with van der Waals surface area (Å²) < 4.78 is 5.55. The minimum Gasteiger partial charge on any atom is -0.451 e. The molecule has 4 aromatic rings. The number of imidazole rings is 1. The van der Waals surface area contributed by atoms with E-state index in [1.165, 1.54) is 0 Å². The number of carbonyl (C=O) groups is 1. The van der Waals surface area contributed by atoms with Crippen molar-refractivity contribution in [2.24, 2.45) is 0 Å². The van der Waals surface area contributed by atoms with Gasteiger partial charge in [0.05, 0.1) is 30.1 Å². The van der Waals surface area contributed by atoms with Gasteiger partial charge in [-0.3, -0.25) is 4.79 Å². The van der Waals surface area contributed by atoms with E-state index in [0.717, 1.165) is 16.6 Å². The SMILES string of the molecule is N#Cc1cccc(-c2cnc(CNC(=O)c3cc4ccccc4o3)[nH]2)c1. The van der Waals surface area contributed by atoms with Crippen LogP contribution < -0.4 is 5.32 Å². The summed E-state index contributed by atoms with van der Waals surface area (Å²) in [4.78, 5) is 19.7. The number of carbonyl (C=O) groups excluding carboxylic acids is 1. The third kappa shape index (κ3) is 3.06. The Hall–Kier alpha value is -3.85. The molecule has 0 saturated heterocycles. The summed E-state index contributed by atoms with van der Waals surface area (Å²) in [5.41, 5.74) is 2.91. The molecule has 2 N–H and O–H groups in total. The maximum atomic E-state index is 12.3. The van der Waals surface area contributed by atoms with E-state index in [0.29, 0.717) is 17.0 Å². The zero-order chi connectivity index (χ0) is 17.9. The second-order valence-corrected chi connectivity index (χ2v) is 5.77. The molecule has 0 fully saturated rings. The molecule has 0 spiro atoms. The van der Waals surface area contributed by atoms with E-state index >= 15 is 0 Å². The maximum Gasteiger partial charge on any atom is 0.287 e. The standard InChI is InChI=1S/C20H14N4O2/c21-10-13-4-3-6-14(8-13)16-11-22-19(24-16)12-23-20(25)18-9-15-5-1-2-7-17(15)26-18/h1-9,11H,12H2,(H,22,24)(H,23,25). The predicted molar refractivity (Wildman–Crippen MR) is 96.1 cm³/mol. The Morgan fingerprint density at radius 3 is 2.92 bits per heavy atom. The highest BCUT2D eigenvalue weighted by atomic mass is 16.3. The molecule has 0 bridgehead atoms. The van der Waals surface area contributed by atoms with Crippen molar-refractivity contribution in [3.05, 3.63) is 77.9 Å². The lowest BCUT2D eigenvalue weighted by Crippen LogP contribution is -2.22. The van der Waals surface area contributed by atoms with E-state index in [2.05, 4.69) is 21.4 Å². The van der Waals surface area contributed by atoms with Gasteiger partial charge >= 0.3 is 0 Å². The number of rotatable bonds is 4. The molecule has 6 heteroatoms. The summed E-state index contributed by atoms with van der Waals surface area (Å²) in [5, 5.41) is 12.7. The zero-order valence-corrected chi connectivity index (χ0v) is 13.7. The summed E-state index contributed by atoms with van der Waals surface area (Å²) in [6.45, 7) is 0.244. The number of hydrogen-bond donors (Lipinski definition) is 2. The number of aromatic amines is 1. The first-order valence-corrected chi connectivity index (χ1v) is 8.04. The highest BCUT2D eigenvalue weighted by Gasteiger charge is 2.12. The molecule has 1 amide bonds. The Balaban J connectivity index is 1.46. The van der Waals surface area contributed by atoms with Crippen LogP contribution in [0.25, 0.3) is 22.2 Å². The van der Waals surface area contributed by atoms with E-state index in [-0.39, 0.29) is 18.2 Å². The first-order chi connectivity index (χ1) is 12.7. The molecule has 6 nitrogen and oxygen atoms in total. The number of nitrogens with zero attached hydrogens (tertiary/aromatic N) is 2. The van der Waals surface area contributed by atoms with Gasteiger partial charge in [-0.15, -0.1) is 0 Å². The van der Waals surface area contributed by atoms with Gasteiger partial charge in [-0.2, -0.15) is 5.26 Å². The van der Waals surface area contributed by atoms with Crippen LogP contribution >= 0.6 is 0 Å². The number of fused-ring (bicyclic) bond motifs is 1. The van der Waals surface area contributed by atoms with Gasteiger partial charge in [0, 0.05) is 10.9 Å². The Morgan fingerprint density at radius 1 is 1.19 bits per heavy atom. The van der Waals surface area contributed by atoms with Gasteiger partial charge < -0.3 is 14.7 Å². The summed E-state index contributed by atoms with van der Waals surface area (Å²) in [6, 6.07) is 18.5. The third-order valence-electron chi connectivity index (χ3n) is 4.00. The van der Waals surface area contributed by atoms with Crippen LogP contribution in [-0.4, -0.2) is 15.9 Å². The van der Waals surface area contributed by atoms with Gasteiger partial charge in [-0.1, -0.05) is 30.3 Å². The Kier molecular flexibility index (Phi) is 3.96. The molecule has 26 heavy (non-hydrogen) atoms. The lowest BCUT2D eigenvalue weighted by Gasteiger charge is -2.01. The summed E-state index contributed by atoms with van der Waals surface area (Å²) in [7, 11) is 0. The van der Waals surface area contributed by atoms with E-state index < -0.39 is 0 Å². The maximum absolute atomic E-state index is 12.3. The molecular formula is C20H14N4O2. The van der Waals surface area contributed by atoms with E-state index in [4.69, 9.17) is 9.68 Å². The van der Waals surface area contributed by atoms with E-state index in [1.807, 2.05) is 36.4 Å². The fourth-order valence-corrected chi connectivity index (χ4v) is 2.70. The van der Waals surface area contributed by atoms with Crippen molar-refractivity contribution in [2.45, 2.75) is 6.54 Å². The minimum absolute atomic E-state index is 0.244. The number of para-hydroxylation sites is 1. The van der Waals surface area contributed by atoms with Crippen LogP contribution in [0.15, 0.2) is 65.2 Å². The van der Waals surface area contributed by atoms with Gasteiger partial charge in [-0.05, 0) is 24.3 Å². The molecule has 2 aromatic carbocycles. The van der Waals surface area contributed by atoms with Crippen molar-refractivity contribution in [2.75, 3.05) is 0 Å². The fourth-order valence-electron chi connectivity index (χ4n) is 2.70. The van der Waals surface area contributed by atoms with Crippen molar-refractivity contribution in [1.29, 1.82) is 5.26 Å². The number of nitrogens with one attached hydrogen (secondary N) is 2. The lowest BCUT2D eigenvalue weighted by atomic mass is 10.1. The first-order valence-electron chi connectivity index (χ1n) is 8.04. The number of hydrogen-bond acceptors (Lipinski definition) is 4. The monoisotopic (exact) mass is 342 g/mol. The van der Waals surface area contributed by atoms with Gasteiger partial charge in [0.1, 0.15) is 11.4 Å². The average molecular weight is 342 g/mol. The van der Waals surface area contributed by atoms with Gasteiger partial charge in [0.15, 0.2) is 5.76 Å². The van der Waals surface area contributed by atoms with Gasteiger partial charge in [0.2, 0.25) is 0 Å². The number of H-pyrrole nitrogens is 1. The quantitative estimate of drug-likeness (QED) is 0.592. The van der Waals surface area contributed by atoms with Crippen LogP contribution in [0.3, 0.4) is 0 Å². The molecule has 0 aliphatic carbocycles. The highest BCUT2D eigenvalue weighted by molar-refractivity contribution is 5.95. The van der Waals surface area contributed by atoms with Crippen LogP contribution in [0.4, 0.5) is 0 Å². The van der Waals surface area contributed by atoms with Crippen molar-refractivity contribution in [1.82, 2.24) is 15.3 Å². The Morgan fingerprint density at radius 2 is 2.08 bits per heavy atom. The molecule has 0 saturated carbocycles. The molecule has 4 rings (SSSR count). The van der Waals surface area contributed by atoms with Crippen LogP contribution in [0.2, 0.25) is 0 Å². The molecule has 2 aromatic heterocycles. The number of amides is 1. The second kappa shape index (κ2) is 6.57. The minimum atomic E-state index is -0.300. The lowest BCUT2D eigenvalue weighted by molar-refractivity contribution is 0.0924. The van der Waals surface area contributed by atoms with Crippen molar-refractivity contribution in [3.8, 4) is 17.3 Å². The van der Waals surface area contributed by atoms with Gasteiger partial charge in [0.25, 0.3) is 5.91 Å². The number of benzene rings is 2. The molecule has 0 radical (unpaired) electrons. The Labute approximate surface area is 149 Å². The molecule has 2 heterocycles. The van der Waals surface area contributed by atoms with Crippen LogP contribution in [0, 0.1) is 11.3 Å². The summed E-state index contributed by atoms with van der Waals surface area (Å²) in [5.74, 6) is 0.581. The topological polar surface area (TPSA) is 94.7 Å². The number of aromatic nitrogens is 2. The van der Waals surface area contributed by atoms with Crippen LogP contribution in [0.5, 0.6) is 0 Å². The van der Waals surface area contributed by atoms with Crippen molar-refractivity contribution >= 4 is 16.9 Å². The van der Waals surface area contributed by atoms with Crippen molar-refractivity contribution in [3.63, 3.8) is 0 Å². The molecule has 126 valence electrons. The third-order valence-corrected chi connectivity index (χ3v) is 4.00. The second-order valence-electron chi connectivity index (χ2n) is 5.77. The molecule has 0 atom stereocenters. The molecular weight excluding hydrogens is 328 g/mol. The number of furan rings is 1. The molecule has 0 unspecified atom stereocenters. The van der Waals surface area contributed by atoms with Crippen LogP contribution in [0.1, 0.15) is 21.9 Å². The van der Waals surface area contributed by atoms with E-state index in [1.54, 1.807) is 24.4 Å². The van der Waals surface area contributed by atoms with Gasteiger partial charge in [-0.25, -0.2) is 4.98 Å². The highest BCUT2D eigenvalue weighted by Crippen LogP contribution is 2.20.